The molecule has 142 valence electrons. The lowest BCUT2D eigenvalue weighted by molar-refractivity contribution is 0.181. The summed E-state index contributed by atoms with van der Waals surface area (Å²) in [5.74, 6) is -0.437. The topological polar surface area (TPSA) is 58.4 Å². The van der Waals surface area contributed by atoms with E-state index in [1.165, 1.54) is 10.4 Å². The lowest BCUT2D eigenvalue weighted by Crippen LogP contribution is -2.48. The molecule has 1 aromatic carbocycles. The summed E-state index contributed by atoms with van der Waals surface area (Å²) < 4.78 is 42.3. The number of hydrogen-bond donors (Lipinski definition) is 0. The van der Waals surface area contributed by atoms with E-state index in [0.29, 0.717) is 49.0 Å². The summed E-state index contributed by atoms with van der Waals surface area (Å²) >= 11 is 5.82. The molecule has 0 unspecified atom stereocenters. The summed E-state index contributed by atoms with van der Waals surface area (Å²) in [5, 5.41) is 4.32. The van der Waals surface area contributed by atoms with Crippen molar-refractivity contribution in [3.8, 4) is 0 Å². The first-order valence-corrected chi connectivity index (χ1v) is 10.2. The quantitative estimate of drug-likeness (QED) is 0.790. The Morgan fingerprint density at radius 3 is 2.38 bits per heavy atom. The fraction of sp³-hybridized carbons (Fsp3) is 0.471. The van der Waals surface area contributed by atoms with E-state index in [1.54, 1.807) is 37.7 Å². The van der Waals surface area contributed by atoms with Gasteiger partial charge in [-0.2, -0.15) is 9.40 Å². The van der Waals surface area contributed by atoms with Gasteiger partial charge in [-0.1, -0.05) is 17.7 Å². The van der Waals surface area contributed by atoms with Gasteiger partial charge < -0.3 is 0 Å². The zero-order valence-corrected chi connectivity index (χ0v) is 16.6. The zero-order valence-electron chi connectivity index (χ0n) is 15.0. The van der Waals surface area contributed by atoms with Crippen molar-refractivity contribution in [3.63, 3.8) is 0 Å². The van der Waals surface area contributed by atoms with Crippen molar-refractivity contribution in [2.45, 2.75) is 25.3 Å². The van der Waals surface area contributed by atoms with Crippen molar-refractivity contribution in [1.29, 1.82) is 0 Å². The highest BCUT2D eigenvalue weighted by Crippen LogP contribution is 2.24. The van der Waals surface area contributed by atoms with E-state index in [-0.39, 0.29) is 5.02 Å². The normalized spacial score (nSPS) is 17.0. The number of aryl methyl sites for hydroxylation is 2. The van der Waals surface area contributed by atoms with E-state index in [9.17, 15) is 12.8 Å². The summed E-state index contributed by atoms with van der Waals surface area (Å²) in [7, 11) is -1.82. The number of halogens is 2. The first kappa shape index (κ1) is 19.3. The van der Waals surface area contributed by atoms with Crippen LogP contribution in [0.25, 0.3) is 0 Å². The molecule has 3 rings (SSSR count). The second-order valence-electron chi connectivity index (χ2n) is 6.55. The molecule has 1 fully saturated rings. The van der Waals surface area contributed by atoms with Gasteiger partial charge in [0.1, 0.15) is 10.7 Å². The number of benzene rings is 1. The smallest absolute Gasteiger partial charge is 0.246 e. The number of piperazine rings is 1. The fourth-order valence-corrected chi connectivity index (χ4v) is 5.31. The third kappa shape index (κ3) is 3.64. The SMILES string of the molecule is Cc1nn(C)c(C)c1S(=O)(=O)N1CCN(Cc2ccc(F)c(Cl)c2)CC1. The van der Waals surface area contributed by atoms with Crippen molar-refractivity contribution < 1.29 is 12.8 Å². The Morgan fingerprint density at radius 2 is 1.85 bits per heavy atom. The summed E-state index contributed by atoms with van der Waals surface area (Å²) in [6.45, 7) is 6.11. The standard InChI is InChI=1S/C17H22ClFN4O2S/c1-12-17(13(2)21(3)20-12)26(24,25)23-8-6-22(7-9-23)11-14-4-5-16(19)15(18)10-14/h4-5,10H,6-9,11H2,1-3H3. The Hall–Kier alpha value is -1.48. The molecule has 0 saturated carbocycles. The van der Waals surface area contributed by atoms with Gasteiger partial charge in [-0.25, -0.2) is 12.8 Å². The molecule has 26 heavy (non-hydrogen) atoms. The van der Waals surface area contributed by atoms with Crippen molar-refractivity contribution in [1.82, 2.24) is 19.0 Å². The Morgan fingerprint density at radius 1 is 1.19 bits per heavy atom. The molecule has 0 N–H and O–H groups in total. The number of nitrogens with zero attached hydrogens (tertiary/aromatic N) is 4. The van der Waals surface area contributed by atoms with Gasteiger partial charge in [0.25, 0.3) is 0 Å². The molecular formula is C17H22ClFN4O2S. The van der Waals surface area contributed by atoms with Crippen LogP contribution in [0.2, 0.25) is 5.02 Å². The maximum Gasteiger partial charge on any atom is 0.246 e. The van der Waals surface area contributed by atoms with Gasteiger partial charge in [-0.05, 0) is 31.5 Å². The van der Waals surface area contributed by atoms with Crippen molar-refractivity contribution in [2.24, 2.45) is 7.05 Å². The van der Waals surface area contributed by atoms with Crippen LogP contribution in [-0.2, 0) is 23.6 Å². The summed E-state index contributed by atoms with van der Waals surface area (Å²) in [5.41, 5.74) is 2.07. The maximum absolute atomic E-state index is 13.3. The molecule has 1 aliphatic rings. The number of hydrogen-bond acceptors (Lipinski definition) is 4. The molecule has 0 atom stereocenters. The Kier molecular flexibility index (Phi) is 5.39. The van der Waals surface area contributed by atoms with Gasteiger partial charge in [0.2, 0.25) is 10.0 Å². The molecule has 0 amide bonds. The van der Waals surface area contributed by atoms with E-state index >= 15 is 0 Å². The lowest BCUT2D eigenvalue weighted by Gasteiger charge is -2.34. The second-order valence-corrected chi connectivity index (χ2v) is 8.83. The average molecular weight is 401 g/mol. The van der Waals surface area contributed by atoms with Crippen LogP contribution in [0.5, 0.6) is 0 Å². The number of aromatic nitrogens is 2. The van der Waals surface area contributed by atoms with Crippen molar-refractivity contribution in [3.05, 3.63) is 46.0 Å². The van der Waals surface area contributed by atoms with E-state index in [1.807, 2.05) is 0 Å². The van der Waals surface area contributed by atoms with E-state index in [0.717, 1.165) is 5.56 Å². The van der Waals surface area contributed by atoms with Crippen LogP contribution >= 0.6 is 11.6 Å². The Balaban J connectivity index is 1.68. The van der Waals surface area contributed by atoms with Crippen LogP contribution < -0.4 is 0 Å². The molecule has 9 heteroatoms. The number of sulfonamides is 1. The molecule has 0 radical (unpaired) electrons. The van der Waals surface area contributed by atoms with E-state index in [4.69, 9.17) is 11.6 Å². The molecule has 1 aromatic heterocycles. The van der Waals surface area contributed by atoms with Gasteiger partial charge in [0, 0.05) is 39.8 Å². The first-order valence-electron chi connectivity index (χ1n) is 8.37. The zero-order chi connectivity index (χ0) is 19.1. The van der Waals surface area contributed by atoms with Gasteiger partial charge in [-0.15, -0.1) is 0 Å². The van der Waals surface area contributed by atoms with Crippen LogP contribution in [-0.4, -0.2) is 53.6 Å². The molecule has 2 heterocycles. The molecule has 6 nitrogen and oxygen atoms in total. The number of rotatable bonds is 4. The van der Waals surface area contributed by atoms with Crippen LogP contribution in [0.3, 0.4) is 0 Å². The highest BCUT2D eigenvalue weighted by Gasteiger charge is 2.32. The third-order valence-electron chi connectivity index (χ3n) is 4.76. The highest BCUT2D eigenvalue weighted by atomic mass is 35.5. The fourth-order valence-electron chi connectivity index (χ4n) is 3.28. The molecule has 1 aliphatic heterocycles. The summed E-state index contributed by atoms with van der Waals surface area (Å²) in [6.07, 6.45) is 0. The molecule has 2 aromatic rings. The minimum absolute atomic E-state index is 0.103. The molecule has 1 saturated heterocycles. The maximum atomic E-state index is 13.3. The molecule has 0 bridgehead atoms. The summed E-state index contributed by atoms with van der Waals surface area (Å²) in [4.78, 5) is 2.44. The summed E-state index contributed by atoms with van der Waals surface area (Å²) in [6, 6.07) is 4.67. The monoisotopic (exact) mass is 400 g/mol. The molecule has 0 spiro atoms. The van der Waals surface area contributed by atoms with Gasteiger partial charge >= 0.3 is 0 Å². The second kappa shape index (κ2) is 7.26. The minimum atomic E-state index is -3.56. The highest BCUT2D eigenvalue weighted by molar-refractivity contribution is 7.89. The molecule has 0 aliphatic carbocycles. The van der Waals surface area contributed by atoms with Gasteiger partial charge in [0.15, 0.2) is 0 Å². The van der Waals surface area contributed by atoms with Crippen LogP contribution in [0.15, 0.2) is 23.1 Å². The van der Waals surface area contributed by atoms with Gasteiger partial charge in [-0.3, -0.25) is 9.58 Å². The Bertz CT molecular complexity index is 921. The lowest BCUT2D eigenvalue weighted by atomic mass is 10.2. The van der Waals surface area contributed by atoms with Crippen molar-refractivity contribution in [2.75, 3.05) is 26.2 Å². The predicted octanol–water partition coefficient (Wildman–Crippen LogP) is 2.34. The van der Waals surface area contributed by atoms with Crippen LogP contribution in [0, 0.1) is 19.7 Å². The Labute approximate surface area is 158 Å². The van der Waals surface area contributed by atoms with E-state index in [2.05, 4.69) is 10.00 Å². The average Bonchev–Trinajstić information content (AvgIpc) is 2.84. The molecular weight excluding hydrogens is 379 g/mol. The van der Waals surface area contributed by atoms with Crippen LogP contribution in [0.1, 0.15) is 17.0 Å². The predicted molar refractivity (Wildman–Crippen MR) is 98.1 cm³/mol. The minimum Gasteiger partial charge on any atom is -0.296 e. The largest absolute Gasteiger partial charge is 0.296 e. The van der Waals surface area contributed by atoms with E-state index < -0.39 is 15.8 Å². The van der Waals surface area contributed by atoms with Crippen LogP contribution in [0.4, 0.5) is 4.39 Å². The van der Waals surface area contributed by atoms with Gasteiger partial charge in [0.05, 0.1) is 16.4 Å². The third-order valence-corrected chi connectivity index (χ3v) is 7.20. The first-order chi connectivity index (χ1) is 12.2. The van der Waals surface area contributed by atoms with Crippen molar-refractivity contribution >= 4 is 21.6 Å².